The topological polar surface area (TPSA) is 9.23 Å². The summed E-state index contributed by atoms with van der Waals surface area (Å²) in [7, 11) is 2.12. The first kappa shape index (κ1) is 10.7. The van der Waals surface area contributed by atoms with Crippen molar-refractivity contribution in [3.05, 3.63) is 24.3 Å². The molecule has 13 heavy (non-hydrogen) atoms. The molecule has 0 heterocycles. The standard InChI is InChI=1S/C9H11BO.CH3.Al/c1-2-10-8-11-9-6-4-3-5-7-9;;/h4-7H,2,8H2,1H3;1H3;. The molecule has 3 heteroatoms. The van der Waals surface area contributed by atoms with E-state index in [1.165, 1.54) is 4.43 Å². The largest absolute Gasteiger partial charge is 0.503 e. The fraction of sp³-hybridized carbons (Fsp3) is 0.400. The summed E-state index contributed by atoms with van der Waals surface area (Å²) >= 11 is 0.427. The Labute approximate surface area is 87.4 Å². The Kier molecular flexibility index (Phi) is 5.04. The van der Waals surface area contributed by atoms with Gasteiger partial charge in [0, 0.05) is 0 Å². The van der Waals surface area contributed by atoms with Crippen molar-refractivity contribution >= 4 is 26.9 Å². The fourth-order valence-electron chi connectivity index (χ4n) is 1.03. The third-order valence-corrected chi connectivity index (χ3v) is 2.92. The Morgan fingerprint density at radius 2 is 2.00 bits per heavy atom. The summed E-state index contributed by atoms with van der Waals surface area (Å²) in [4.78, 5) is 0. The van der Waals surface area contributed by atoms with Crippen LogP contribution in [0, 0.1) is 0 Å². The fourth-order valence-corrected chi connectivity index (χ4v) is 1.61. The van der Waals surface area contributed by atoms with Gasteiger partial charge in [0.1, 0.15) is 5.75 Å². The molecule has 1 rings (SSSR count). The lowest BCUT2D eigenvalue weighted by Crippen LogP contribution is -2.10. The van der Waals surface area contributed by atoms with Gasteiger partial charge in [0.05, 0.1) is 6.51 Å². The van der Waals surface area contributed by atoms with Crippen LogP contribution in [0.3, 0.4) is 0 Å². The van der Waals surface area contributed by atoms with E-state index < -0.39 is 0 Å². The van der Waals surface area contributed by atoms with E-state index in [1.807, 2.05) is 0 Å². The molecule has 0 aliphatic rings. The van der Waals surface area contributed by atoms with Crippen molar-refractivity contribution in [1.29, 1.82) is 0 Å². The van der Waals surface area contributed by atoms with Crippen molar-refractivity contribution < 1.29 is 4.74 Å². The van der Waals surface area contributed by atoms with Gasteiger partial charge in [-0.25, -0.2) is 0 Å². The first-order chi connectivity index (χ1) is 6.36. The molecule has 1 nitrogen and oxygen atoms in total. The monoisotopic (exact) mass is 188 g/mol. The van der Waals surface area contributed by atoms with E-state index in [-0.39, 0.29) is 0 Å². The van der Waals surface area contributed by atoms with Crippen LogP contribution in [0.15, 0.2) is 24.3 Å². The van der Waals surface area contributed by atoms with Gasteiger partial charge in [-0.3, -0.25) is 0 Å². The van der Waals surface area contributed by atoms with Gasteiger partial charge >= 0.3 is 0 Å². The molecule has 0 unspecified atom stereocenters. The minimum absolute atomic E-state index is 0.427. The molecule has 2 radical (unpaired) electrons. The second kappa shape index (κ2) is 6.13. The molecule has 0 aliphatic carbocycles. The summed E-state index contributed by atoms with van der Waals surface area (Å²) < 4.78 is 6.94. The van der Waals surface area contributed by atoms with Crippen molar-refractivity contribution in [2.75, 3.05) is 6.51 Å². The Morgan fingerprint density at radius 3 is 2.54 bits per heavy atom. The van der Waals surface area contributed by atoms with E-state index in [0.717, 1.165) is 18.6 Å². The van der Waals surface area contributed by atoms with Crippen LogP contribution in [-0.4, -0.2) is 29.0 Å². The van der Waals surface area contributed by atoms with Crippen LogP contribution in [0.1, 0.15) is 6.92 Å². The highest BCUT2D eigenvalue weighted by Crippen LogP contribution is 2.06. The van der Waals surface area contributed by atoms with Crippen LogP contribution in [0.25, 0.3) is 0 Å². The van der Waals surface area contributed by atoms with Crippen molar-refractivity contribution in [1.82, 2.24) is 0 Å². The highest BCUT2D eigenvalue weighted by Gasteiger charge is 1.94. The first-order valence-corrected chi connectivity index (χ1v) is 6.44. The molecule has 0 saturated carbocycles. The van der Waals surface area contributed by atoms with E-state index in [2.05, 4.69) is 44.3 Å². The number of hydrogen-bond acceptors (Lipinski definition) is 1. The minimum Gasteiger partial charge on any atom is -0.503 e. The number of rotatable bonds is 5. The van der Waals surface area contributed by atoms with Crippen LogP contribution in [0.5, 0.6) is 5.75 Å². The molecular weight excluding hydrogens is 174 g/mol. The van der Waals surface area contributed by atoms with Crippen LogP contribution in [0.4, 0.5) is 0 Å². The molecule has 0 aliphatic heterocycles. The van der Waals surface area contributed by atoms with Gasteiger partial charge < -0.3 is 4.74 Å². The molecule has 0 N–H and O–H groups in total. The maximum absolute atomic E-state index is 5.50. The predicted molar refractivity (Wildman–Crippen MR) is 59.4 cm³/mol. The van der Waals surface area contributed by atoms with Gasteiger partial charge in [-0.15, -0.1) is 10.2 Å². The predicted octanol–water partition coefficient (Wildman–Crippen LogP) is 1.54. The molecule has 0 atom stereocenters. The van der Waals surface area contributed by atoms with Crippen molar-refractivity contribution in [3.8, 4) is 5.75 Å². The van der Waals surface area contributed by atoms with Gasteiger partial charge in [0.2, 0.25) is 15.2 Å². The molecule has 1 aromatic rings. The minimum atomic E-state index is 0.427. The maximum atomic E-state index is 5.50. The highest BCUT2D eigenvalue weighted by atomic mass is 27.1. The quantitative estimate of drug-likeness (QED) is 0.503. The summed E-state index contributed by atoms with van der Waals surface area (Å²) in [6.07, 6.45) is 1.07. The lowest BCUT2D eigenvalue weighted by atomic mass is 9.77. The van der Waals surface area contributed by atoms with Crippen molar-refractivity contribution in [2.45, 2.75) is 19.0 Å². The first-order valence-electron chi connectivity index (χ1n) is 4.70. The molecule has 0 amide bonds. The Bertz CT molecular complexity index is 235. The van der Waals surface area contributed by atoms with E-state index in [1.54, 1.807) is 0 Å². The van der Waals surface area contributed by atoms with Crippen molar-refractivity contribution in [3.63, 3.8) is 0 Å². The van der Waals surface area contributed by atoms with E-state index in [9.17, 15) is 0 Å². The van der Waals surface area contributed by atoms with Gasteiger partial charge in [0.15, 0.2) is 7.28 Å². The zero-order valence-corrected chi connectivity index (χ0v) is 9.44. The number of benzene rings is 1. The van der Waals surface area contributed by atoms with Crippen molar-refractivity contribution in [2.24, 2.45) is 0 Å². The summed E-state index contributed by atoms with van der Waals surface area (Å²) in [5.74, 6) is 3.21. The summed E-state index contributed by atoms with van der Waals surface area (Å²) in [6.45, 7) is 2.84. The van der Waals surface area contributed by atoms with E-state index in [4.69, 9.17) is 4.74 Å². The molecule has 0 bridgehead atoms. The second-order valence-corrected chi connectivity index (χ2v) is 4.11. The molecule has 66 valence electrons. The zero-order valence-electron chi connectivity index (χ0n) is 8.29. The average Bonchev–Trinajstić information content (AvgIpc) is 2.19. The number of ether oxygens (including phenoxy) is 1. The van der Waals surface area contributed by atoms with Crippen LogP contribution >= 0.6 is 0 Å². The Morgan fingerprint density at radius 1 is 1.31 bits per heavy atom. The lowest BCUT2D eigenvalue weighted by Gasteiger charge is -2.04. The molecule has 1 aromatic carbocycles. The summed E-state index contributed by atoms with van der Waals surface area (Å²) in [6, 6.07) is 8.40. The molecule has 0 fully saturated rings. The molecule has 0 aromatic heterocycles. The Balaban J connectivity index is 2.40. The maximum Gasteiger partial charge on any atom is 0.246 e. The average molecular weight is 188 g/mol. The molecule has 0 saturated heterocycles. The highest BCUT2D eigenvalue weighted by molar-refractivity contribution is 6.51. The van der Waals surface area contributed by atoms with E-state index in [0.29, 0.717) is 15.2 Å². The normalized spacial score (nSPS) is 9.38. The second-order valence-electron chi connectivity index (χ2n) is 2.87. The van der Waals surface area contributed by atoms with Gasteiger partial charge in [0.25, 0.3) is 0 Å². The molecular formula is C10H14AlBO. The Hall–Kier alpha value is -0.383. The SMILES string of the molecule is CC[B]COc1cc[c]([Al][CH3])cc1. The van der Waals surface area contributed by atoms with E-state index >= 15 is 0 Å². The lowest BCUT2D eigenvalue weighted by molar-refractivity contribution is 0.384. The van der Waals surface area contributed by atoms with Crippen LogP contribution in [-0.2, 0) is 0 Å². The van der Waals surface area contributed by atoms with Gasteiger partial charge in [-0.1, -0.05) is 25.4 Å². The van der Waals surface area contributed by atoms with Gasteiger partial charge in [-0.05, 0) is 12.1 Å². The smallest absolute Gasteiger partial charge is 0.246 e. The van der Waals surface area contributed by atoms with Crippen LogP contribution < -0.4 is 9.16 Å². The summed E-state index contributed by atoms with van der Waals surface area (Å²) in [5, 5.41) is 0. The third kappa shape index (κ3) is 3.89. The molecule has 0 spiro atoms. The van der Waals surface area contributed by atoms with Gasteiger partial charge in [-0.2, -0.15) is 0 Å². The third-order valence-electron chi connectivity index (χ3n) is 1.87. The zero-order chi connectivity index (χ0) is 9.52. The number of hydrogen-bond donors (Lipinski definition) is 0. The summed E-state index contributed by atoms with van der Waals surface area (Å²) in [5.41, 5.74) is 0. The van der Waals surface area contributed by atoms with Crippen LogP contribution in [0.2, 0.25) is 12.1 Å².